The predicted molar refractivity (Wildman–Crippen MR) is 66.6 cm³/mol. The van der Waals surface area contributed by atoms with Crippen molar-refractivity contribution in [3.63, 3.8) is 0 Å². The highest BCUT2D eigenvalue weighted by molar-refractivity contribution is 6.34. The molecule has 0 saturated carbocycles. The van der Waals surface area contributed by atoms with E-state index in [-0.39, 0.29) is 12.5 Å². The monoisotopic (exact) mass is 255 g/mol. The van der Waals surface area contributed by atoms with Gasteiger partial charge in [-0.15, -0.1) is 4.99 Å². The minimum atomic E-state index is -0.684. The Balaban J connectivity index is 3.01. The van der Waals surface area contributed by atoms with Crippen molar-refractivity contribution >= 4 is 23.6 Å². The van der Waals surface area contributed by atoms with Gasteiger partial charge in [-0.2, -0.15) is 0 Å². The summed E-state index contributed by atoms with van der Waals surface area (Å²) in [5.41, 5.74) is 0.573. The minimum Gasteiger partial charge on any atom is -0.477 e. The average molecular weight is 256 g/mol. The third-order valence-corrected chi connectivity index (χ3v) is 2.18. The van der Waals surface area contributed by atoms with Crippen LogP contribution in [0, 0.1) is 0 Å². The van der Waals surface area contributed by atoms with Crippen molar-refractivity contribution in [1.82, 2.24) is 0 Å². The summed E-state index contributed by atoms with van der Waals surface area (Å²) in [5, 5.41) is 0.476. The van der Waals surface area contributed by atoms with Crippen LogP contribution in [-0.2, 0) is 9.47 Å². The maximum absolute atomic E-state index is 11.3. The van der Waals surface area contributed by atoms with Crippen LogP contribution in [0.1, 0.15) is 19.4 Å². The standard InChI is InChI=1S/C12H14ClNO3/c1-3-16-11(14-12(15)17-4-2)9-7-5-6-8-10(9)13/h5-8H,3-4H2,1-2H3. The average Bonchev–Trinajstić information content (AvgIpc) is 2.29. The number of hydrogen-bond acceptors (Lipinski definition) is 3. The van der Waals surface area contributed by atoms with E-state index in [9.17, 15) is 4.79 Å². The Labute approximate surface area is 105 Å². The first-order valence-corrected chi connectivity index (χ1v) is 5.70. The van der Waals surface area contributed by atoms with Gasteiger partial charge in [0.1, 0.15) is 0 Å². The molecule has 1 rings (SSSR count). The quantitative estimate of drug-likeness (QED) is 0.615. The smallest absolute Gasteiger partial charge is 0.436 e. The van der Waals surface area contributed by atoms with E-state index in [1.165, 1.54) is 0 Å². The minimum absolute atomic E-state index is 0.177. The summed E-state index contributed by atoms with van der Waals surface area (Å²) >= 11 is 6.00. The maximum Gasteiger partial charge on any atom is 0.436 e. The lowest BCUT2D eigenvalue weighted by Crippen LogP contribution is -2.11. The molecule has 0 unspecified atom stereocenters. The Bertz CT molecular complexity index is 418. The lowest BCUT2D eigenvalue weighted by molar-refractivity contribution is 0.162. The molecule has 0 fully saturated rings. The first-order valence-electron chi connectivity index (χ1n) is 5.32. The molecule has 1 aromatic rings. The molecule has 1 amide bonds. The molecule has 0 N–H and O–H groups in total. The first kappa shape index (κ1) is 13.5. The van der Waals surface area contributed by atoms with Crippen LogP contribution in [0.5, 0.6) is 0 Å². The Morgan fingerprint density at radius 3 is 2.47 bits per heavy atom. The van der Waals surface area contributed by atoms with E-state index in [1.54, 1.807) is 38.1 Å². The molecular weight excluding hydrogens is 242 g/mol. The normalized spacial score (nSPS) is 11.1. The number of halogens is 1. The van der Waals surface area contributed by atoms with Crippen LogP contribution >= 0.6 is 11.6 Å². The molecule has 0 aliphatic carbocycles. The molecule has 0 atom stereocenters. The maximum atomic E-state index is 11.3. The summed E-state index contributed by atoms with van der Waals surface area (Å²) in [7, 11) is 0. The van der Waals surface area contributed by atoms with E-state index < -0.39 is 6.09 Å². The van der Waals surface area contributed by atoms with E-state index >= 15 is 0 Å². The Morgan fingerprint density at radius 1 is 1.24 bits per heavy atom. The third kappa shape index (κ3) is 4.07. The van der Waals surface area contributed by atoms with Crippen LogP contribution < -0.4 is 0 Å². The molecule has 0 saturated heterocycles. The van der Waals surface area contributed by atoms with Gasteiger partial charge in [-0.25, -0.2) is 4.79 Å². The van der Waals surface area contributed by atoms with Gasteiger partial charge in [-0.1, -0.05) is 23.7 Å². The highest BCUT2D eigenvalue weighted by Crippen LogP contribution is 2.16. The second-order valence-corrected chi connectivity index (χ2v) is 3.44. The summed E-state index contributed by atoms with van der Waals surface area (Å²) in [4.78, 5) is 15.0. The van der Waals surface area contributed by atoms with E-state index in [0.29, 0.717) is 17.2 Å². The van der Waals surface area contributed by atoms with Crippen molar-refractivity contribution in [2.45, 2.75) is 13.8 Å². The number of amides is 1. The summed E-state index contributed by atoms with van der Waals surface area (Å²) in [6, 6.07) is 7.02. The summed E-state index contributed by atoms with van der Waals surface area (Å²) in [5.74, 6) is 0.177. The fraction of sp³-hybridized carbons (Fsp3) is 0.333. The van der Waals surface area contributed by atoms with Crippen LogP contribution in [0.2, 0.25) is 5.02 Å². The van der Waals surface area contributed by atoms with Crippen molar-refractivity contribution in [2.24, 2.45) is 4.99 Å². The molecule has 0 radical (unpaired) electrons. The first-order chi connectivity index (χ1) is 8.19. The molecule has 0 aliphatic heterocycles. The van der Waals surface area contributed by atoms with Crippen LogP contribution in [0.15, 0.2) is 29.3 Å². The molecule has 5 heteroatoms. The molecule has 0 aliphatic rings. The lowest BCUT2D eigenvalue weighted by atomic mass is 10.2. The van der Waals surface area contributed by atoms with Gasteiger partial charge >= 0.3 is 6.09 Å². The van der Waals surface area contributed by atoms with Crippen molar-refractivity contribution < 1.29 is 14.3 Å². The zero-order valence-electron chi connectivity index (χ0n) is 9.77. The number of benzene rings is 1. The van der Waals surface area contributed by atoms with Gasteiger partial charge in [0.15, 0.2) is 0 Å². The van der Waals surface area contributed by atoms with Gasteiger partial charge in [0, 0.05) is 0 Å². The number of carbonyl (C=O) groups is 1. The Morgan fingerprint density at radius 2 is 1.88 bits per heavy atom. The van der Waals surface area contributed by atoms with Gasteiger partial charge in [0.25, 0.3) is 0 Å². The van der Waals surface area contributed by atoms with Crippen LogP contribution in [-0.4, -0.2) is 25.2 Å². The van der Waals surface area contributed by atoms with Crippen molar-refractivity contribution in [1.29, 1.82) is 0 Å². The second kappa shape index (κ2) is 6.91. The van der Waals surface area contributed by atoms with E-state index in [0.717, 1.165) is 0 Å². The second-order valence-electron chi connectivity index (χ2n) is 3.03. The van der Waals surface area contributed by atoms with Gasteiger partial charge < -0.3 is 9.47 Å². The fourth-order valence-electron chi connectivity index (χ4n) is 1.18. The van der Waals surface area contributed by atoms with Crippen molar-refractivity contribution in [3.05, 3.63) is 34.9 Å². The molecule has 92 valence electrons. The van der Waals surface area contributed by atoms with Crippen LogP contribution in [0.3, 0.4) is 0 Å². The van der Waals surface area contributed by atoms with Crippen LogP contribution in [0.25, 0.3) is 0 Å². The summed E-state index contributed by atoms with van der Waals surface area (Å²) < 4.78 is 10.0. The number of ether oxygens (including phenoxy) is 2. The highest BCUT2D eigenvalue weighted by Gasteiger charge is 2.11. The number of nitrogens with zero attached hydrogens (tertiary/aromatic N) is 1. The third-order valence-electron chi connectivity index (χ3n) is 1.85. The molecule has 0 heterocycles. The molecule has 4 nitrogen and oxygen atoms in total. The van der Waals surface area contributed by atoms with Gasteiger partial charge in [-0.05, 0) is 26.0 Å². The number of rotatable bonds is 3. The van der Waals surface area contributed by atoms with Gasteiger partial charge in [-0.3, -0.25) is 0 Å². The topological polar surface area (TPSA) is 47.9 Å². The fourth-order valence-corrected chi connectivity index (χ4v) is 1.40. The molecule has 0 aromatic heterocycles. The summed E-state index contributed by atoms with van der Waals surface area (Å²) in [6.45, 7) is 4.18. The number of hydrogen-bond donors (Lipinski definition) is 0. The lowest BCUT2D eigenvalue weighted by Gasteiger charge is -2.08. The SMILES string of the molecule is CCOC(=O)N=C(OCC)c1ccccc1Cl. The zero-order valence-corrected chi connectivity index (χ0v) is 10.5. The van der Waals surface area contributed by atoms with E-state index in [4.69, 9.17) is 21.1 Å². The van der Waals surface area contributed by atoms with Crippen LogP contribution in [0.4, 0.5) is 4.79 Å². The van der Waals surface area contributed by atoms with Gasteiger partial charge in [0.05, 0.1) is 23.8 Å². The van der Waals surface area contributed by atoms with Crippen molar-refractivity contribution in [2.75, 3.05) is 13.2 Å². The largest absolute Gasteiger partial charge is 0.477 e. The Kier molecular flexibility index (Phi) is 5.49. The molecule has 0 spiro atoms. The van der Waals surface area contributed by atoms with Crippen molar-refractivity contribution in [3.8, 4) is 0 Å². The van der Waals surface area contributed by atoms with E-state index in [1.807, 2.05) is 0 Å². The van der Waals surface area contributed by atoms with E-state index in [2.05, 4.69) is 4.99 Å². The predicted octanol–water partition coefficient (Wildman–Crippen LogP) is 3.28. The zero-order chi connectivity index (χ0) is 12.7. The highest BCUT2D eigenvalue weighted by atomic mass is 35.5. The Hall–Kier alpha value is -1.55. The molecular formula is C12H14ClNO3. The number of aliphatic imine (C=N–C) groups is 1. The number of carbonyl (C=O) groups excluding carboxylic acids is 1. The molecule has 1 aromatic carbocycles. The summed E-state index contributed by atoms with van der Waals surface area (Å²) in [6.07, 6.45) is -0.684. The molecule has 0 bridgehead atoms. The molecule has 17 heavy (non-hydrogen) atoms. The van der Waals surface area contributed by atoms with Gasteiger partial charge in [0.2, 0.25) is 5.90 Å².